The molecule has 0 radical (unpaired) electrons. The number of alkyl halides is 2. The van der Waals surface area contributed by atoms with E-state index in [0.29, 0.717) is 5.56 Å². The second-order valence-electron chi connectivity index (χ2n) is 3.77. The molecule has 0 aliphatic carbocycles. The lowest BCUT2D eigenvalue weighted by Gasteiger charge is -2.14. The van der Waals surface area contributed by atoms with E-state index >= 15 is 0 Å². The average molecular weight is 295 g/mol. The Morgan fingerprint density at radius 3 is 2.16 bits per heavy atom. The van der Waals surface area contributed by atoms with Crippen LogP contribution in [0.3, 0.4) is 0 Å². The van der Waals surface area contributed by atoms with Crippen molar-refractivity contribution >= 4 is 18.9 Å². The maximum atomic E-state index is 12.1. The molecule has 9 heteroatoms. The molecule has 1 aromatic carbocycles. The molecule has 19 heavy (non-hydrogen) atoms. The highest BCUT2D eigenvalue weighted by Crippen LogP contribution is 2.32. The second kappa shape index (κ2) is 6.21. The van der Waals surface area contributed by atoms with Crippen LogP contribution in [0.15, 0.2) is 24.3 Å². The van der Waals surface area contributed by atoms with Crippen LogP contribution in [0.4, 0.5) is 8.78 Å². The van der Waals surface area contributed by atoms with Gasteiger partial charge in [0.05, 0.1) is 5.30 Å². The number of aliphatic carboxylic acids is 1. The van der Waals surface area contributed by atoms with E-state index in [1.54, 1.807) is 5.32 Å². The van der Waals surface area contributed by atoms with Gasteiger partial charge in [0.15, 0.2) is 0 Å². The fourth-order valence-electron chi connectivity index (χ4n) is 1.43. The number of hydrogen-bond acceptors (Lipinski definition) is 3. The van der Waals surface area contributed by atoms with Gasteiger partial charge in [0.2, 0.25) is 0 Å². The van der Waals surface area contributed by atoms with Gasteiger partial charge in [-0.3, -0.25) is 9.36 Å². The van der Waals surface area contributed by atoms with Gasteiger partial charge in [-0.05, 0) is 24.1 Å². The molecule has 1 rings (SSSR count). The highest BCUT2D eigenvalue weighted by molar-refractivity contribution is 7.60. The number of benzene rings is 1. The first-order chi connectivity index (χ1) is 8.70. The Kier molecular flexibility index (Phi) is 5.13. The van der Waals surface area contributed by atoms with E-state index in [0.717, 1.165) is 12.1 Å². The fourth-order valence-corrected chi connectivity index (χ4v) is 1.97. The van der Waals surface area contributed by atoms with Crippen LogP contribution in [-0.2, 0) is 15.8 Å². The molecule has 0 aromatic heterocycles. The van der Waals surface area contributed by atoms with E-state index in [9.17, 15) is 18.1 Å². The van der Waals surface area contributed by atoms with Crippen LogP contribution in [-0.4, -0.2) is 33.5 Å². The van der Waals surface area contributed by atoms with Gasteiger partial charge in [0, 0.05) is 0 Å². The molecule has 0 amide bonds. The van der Waals surface area contributed by atoms with E-state index in [-0.39, 0.29) is 11.7 Å². The quantitative estimate of drug-likeness (QED) is 0.444. The van der Waals surface area contributed by atoms with Crippen molar-refractivity contribution < 1.29 is 33.0 Å². The van der Waals surface area contributed by atoms with E-state index < -0.39 is 26.2 Å². The zero-order chi connectivity index (χ0) is 14.6. The summed E-state index contributed by atoms with van der Waals surface area (Å²) in [6, 6.07) is 3.38. The van der Waals surface area contributed by atoms with Crippen LogP contribution >= 0.6 is 7.60 Å². The summed E-state index contributed by atoms with van der Waals surface area (Å²) in [6.07, 6.45) is -0.221. The Morgan fingerprint density at radius 1 is 1.26 bits per heavy atom. The highest BCUT2D eigenvalue weighted by atomic mass is 31.2. The number of carboxylic acids is 1. The molecule has 0 bridgehead atoms. The van der Waals surface area contributed by atoms with Crippen molar-refractivity contribution in [2.24, 2.45) is 0 Å². The number of nitrogens with one attached hydrogen (secondary N) is 1. The topological polar surface area (TPSA) is 107 Å². The molecule has 4 N–H and O–H groups in total. The van der Waals surface area contributed by atoms with Gasteiger partial charge < -0.3 is 14.9 Å². The molecule has 0 heterocycles. The molecule has 0 unspecified atom stereocenters. The summed E-state index contributed by atoms with van der Waals surface area (Å²) in [5.74, 6) is -1.43. The molecular weight excluding hydrogens is 283 g/mol. The molecule has 0 aliphatic rings. The van der Waals surface area contributed by atoms with E-state index in [4.69, 9.17) is 14.9 Å². The minimum atomic E-state index is -4.37. The fraction of sp³-hybridized carbons (Fsp3) is 0.300. The van der Waals surface area contributed by atoms with Crippen molar-refractivity contribution in [2.75, 3.05) is 0 Å². The predicted molar refractivity (Wildman–Crippen MR) is 62.4 cm³/mol. The SMILES string of the molecule is O=C(O)[C@@H](Cc1ccc(P(=O)(O)O)cc1)NC(F)F. The number of carbonyl (C=O) groups is 1. The van der Waals surface area contributed by atoms with Crippen molar-refractivity contribution in [2.45, 2.75) is 19.0 Å². The Labute approximate surface area is 107 Å². The first-order valence-corrected chi connectivity index (χ1v) is 6.73. The van der Waals surface area contributed by atoms with E-state index in [1.807, 2.05) is 0 Å². The summed E-state index contributed by atoms with van der Waals surface area (Å²) in [4.78, 5) is 28.5. The molecule has 0 fully saturated rings. The van der Waals surface area contributed by atoms with E-state index in [1.165, 1.54) is 12.1 Å². The zero-order valence-electron chi connectivity index (χ0n) is 9.53. The first kappa shape index (κ1) is 15.7. The smallest absolute Gasteiger partial charge is 0.356 e. The van der Waals surface area contributed by atoms with Gasteiger partial charge in [0.25, 0.3) is 6.55 Å². The van der Waals surface area contributed by atoms with Crippen molar-refractivity contribution in [1.29, 1.82) is 0 Å². The van der Waals surface area contributed by atoms with Gasteiger partial charge in [-0.2, -0.15) is 8.78 Å². The third-order valence-corrected chi connectivity index (χ3v) is 3.31. The number of rotatable bonds is 6. The molecule has 1 atom stereocenters. The Bertz CT molecular complexity index is 487. The second-order valence-corrected chi connectivity index (χ2v) is 5.38. The Morgan fingerprint density at radius 2 is 1.79 bits per heavy atom. The summed E-state index contributed by atoms with van der Waals surface area (Å²) in [5.41, 5.74) is 0.373. The van der Waals surface area contributed by atoms with Crippen LogP contribution in [0.5, 0.6) is 0 Å². The molecular formula is C10H12F2NO5P. The summed E-state index contributed by atoms with van der Waals surface area (Å²) < 4.78 is 35.1. The Hall–Kier alpha value is -1.34. The van der Waals surface area contributed by atoms with Crippen LogP contribution in [0, 0.1) is 0 Å². The summed E-state index contributed by atoms with van der Waals surface area (Å²) in [6.45, 7) is -2.96. The monoisotopic (exact) mass is 295 g/mol. The zero-order valence-corrected chi connectivity index (χ0v) is 10.4. The van der Waals surface area contributed by atoms with Gasteiger partial charge >= 0.3 is 13.6 Å². The van der Waals surface area contributed by atoms with Crippen molar-refractivity contribution in [1.82, 2.24) is 5.32 Å². The standard InChI is InChI=1S/C10H12F2NO5P/c11-10(12)13-8(9(14)15)5-6-1-3-7(4-2-6)19(16,17)18/h1-4,8,10,13H,5H2,(H,14,15)(H2,16,17,18)/t8-/m1/s1. The maximum Gasteiger partial charge on any atom is 0.356 e. The van der Waals surface area contributed by atoms with Crippen molar-refractivity contribution in [3.63, 3.8) is 0 Å². The highest BCUT2D eigenvalue weighted by Gasteiger charge is 2.22. The lowest BCUT2D eigenvalue weighted by molar-refractivity contribution is -0.140. The molecule has 106 valence electrons. The molecule has 0 saturated heterocycles. The van der Waals surface area contributed by atoms with Crippen LogP contribution in [0.2, 0.25) is 0 Å². The predicted octanol–water partition coefficient (Wildman–Crippen LogP) is 0.298. The van der Waals surface area contributed by atoms with Crippen LogP contribution in [0.25, 0.3) is 0 Å². The van der Waals surface area contributed by atoms with Gasteiger partial charge in [-0.25, -0.2) is 5.32 Å². The molecule has 0 aliphatic heterocycles. The summed E-state index contributed by atoms with van der Waals surface area (Å²) in [5, 5.41) is 10.1. The largest absolute Gasteiger partial charge is 0.480 e. The number of carboxylic acid groups (broad SMARTS) is 1. The average Bonchev–Trinajstić information content (AvgIpc) is 2.27. The minimum Gasteiger partial charge on any atom is -0.480 e. The molecule has 0 spiro atoms. The lowest BCUT2D eigenvalue weighted by atomic mass is 10.1. The Balaban J connectivity index is 2.81. The van der Waals surface area contributed by atoms with Crippen LogP contribution in [0.1, 0.15) is 5.56 Å². The first-order valence-electron chi connectivity index (χ1n) is 5.12. The number of halogens is 2. The normalized spacial score (nSPS) is 13.5. The van der Waals surface area contributed by atoms with Crippen molar-refractivity contribution in [3.8, 4) is 0 Å². The molecule has 6 nitrogen and oxygen atoms in total. The third-order valence-electron chi connectivity index (χ3n) is 2.34. The maximum absolute atomic E-state index is 12.1. The summed E-state index contributed by atoms with van der Waals surface area (Å²) in [7, 11) is -4.37. The summed E-state index contributed by atoms with van der Waals surface area (Å²) >= 11 is 0. The lowest BCUT2D eigenvalue weighted by Crippen LogP contribution is -2.41. The molecule has 0 saturated carbocycles. The van der Waals surface area contributed by atoms with Gasteiger partial charge in [-0.15, -0.1) is 0 Å². The minimum absolute atomic E-state index is 0.218. The van der Waals surface area contributed by atoms with Crippen LogP contribution < -0.4 is 10.6 Å². The molecule has 1 aromatic rings. The van der Waals surface area contributed by atoms with Crippen molar-refractivity contribution in [3.05, 3.63) is 29.8 Å². The van der Waals surface area contributed by atoms with Gasteiger partial charge in [-0.1, -0.05) is 12.1 Å². The number of hydrogen-bond donors (Lipinski definition) is 4. The van der Waals surface area contributed by atoms with Gasteiger partial charge in [0.1, 0.15) is 6.04 Å². The van der Waals surface area contributed by atoms with E-state index in [2.05, 4.69) is 0 Å². The third kappa shape index (κ3) is 5.04.